The highest BCUT2D eigenvalue weighted by Crippen LogP contribution is 2.41. The molecule has 2 unspecified atom stereocenters. The lowest BCUT2D eigenvalue weighted by Gasteiger charge is -2.35. The number of fused-ring (bicyclic) bond motifs is 2. The van der Waals surface area contributed by atoms with Crippen LogP contribution in [0.5, 0.6) is 0 Å². The normalized spacial score (nSPS) is 32.9. The number of hydrogen-bond donors (Lipinski definition) is 1. The number of rotatable bonds is 1. The van der Waals surface area contributed by atoms with Crippen LogP contribution in [0.1, 0.15) is 37.4 Å². The summed E-state index contributed by atoms with van der Waals surface area (Å²) in [4.78, 5) is 11.5. The number of nitrogens with two attached hydrogens (primary N) is 1. The molecule has 2 fully saturated rings. The third kappa shape index (κ3) is 2.03. The molecule has 0 aromatic carbocycles. The Kier molecular flexibility index (Phi) is 2.98. The van der Waals surface area contributed by atoms with Gasteiger partial charge in [-0.2, -0.15) is 0 Å². The van der Waals surface area contributed by atoms with E-state index in [0.29, 0.717) is 11.7 Å². The number of piperidine rings is 1. The van der Waals surface area contributed by atoms with Gasteiger partial charge in [-0.05, 0) is 55.3 Å². The summed E-state index contributed by atoms with van der Waals surface area (Å²) in [7, 11) is 2.25. The molecular weight excluding hydrogens is 327 g/mol. The summed E-state index contributed by atoms with van der Waals surface area (Å²) in [6.07, 6.45) is 6.88. The van der Waals surface area contributed by atoms with Crippen molar-refractivity contribution in [2.75, 3.05) is 12.8 Å². The van der Waals surface area contributed by atoms with Gasteiger partial charge in [0.2, 0.25) is 0 Å². The van der Waals surface area contributed by atoms with Gasteiger partial charge in [0.25, 0.3) is 0 Å². The quantitative estimate of drug-likeness (QED) is 0.792. The monoisotopic (exact) mass is 344 g/mol. The smallest absolute Gasteiger partial charge is 0.140 e. The Hall–Kier alpha value is -0.430. The van der Waals surface area contributed by atoms with Crippen LogP contribution in [0.2, 0.25) is 0 Å². The number of anilines is 1. The van der Waals surface area contributed by atoms with Crippen LogP contribution in [0.3, 0.4) is 0 Å². The van der Waals surface area contributed by atoms with Crippen LogP contribution in [0.25, 0.3) is 0 Å². The molecule has 0 amide bonds. The SMILES string of the molecule is CN1C2CCC1CC(c1ncc(I)c(N)n1)C2. The molecule has 17 heavy (non-hydrogen) atoms. The van der Waals surface area contributed by atoms with Gasteiger partial charge in [0.15, 0.2) is 0 Å². The van der Waals surface area contributed by atoms with Crippen LogP contribution in [-0.4, -0.2) is 34.0 Å². The van der Waals surface area contributed by atoms with Gasteiger partial charge in [-0.25, -0.2) is 9.97 Å². The predicted molar refractivity (Wildman–Crippen MR) is 75.7 cm³/mol. The molecule has 2 aliphatic rings. The highest BCUT2D eigenvalue weighted by Gasteiger charge is 2.39. The van der Waals surface area contributed by atoms with Gasteiger partial charge in [-0.15, -0.1) is 0 Å². The Bertz CT molecular complexity index is 423. The Labute approximate surface area is 115 Å². The molecule has 2 bridgehead atoms. The zero-order chi connectivity index (χ0) is 12.0. The first-order chi connectivity index (χ1) is 8.15. The number of nitrogens with zero attached hydrogens (tertiary/aromatic N) is 3. The van der Waals surface area contributed by atoms with Crippen LogP contribution in [0.4, 0.5) is 5.82 Å². The summed E-state index contributed by atoms with van der Waals surface area (Å²) in [6, 6.07) is 1.45. The fourth-order valence-corrected chi connectivity index (χ4v) is 3.47. The number of nitrogen functional groups attached to an aromatic ring is 1. The minimum absolute atomic E-state index is 0.503. The largest absolute Gasteiger partial charge is 0.383 e. The third-order valence-corrected chi connectivity index (χ3v) is 5.08. The van der Waals surface area contributed by atoms with Crippen molar-refractivity contribution in [1.82, 2.24) is 14.9 Å². The molecule has 2 atom stereocenters. The van der Waals surface area contributed by atoms with E-state index in [2.05, 4.69) is 44.5 Å². The molecule has 5 heteroatoms. The van der Waals surface area contributed by atoms with Gasteiger partial charge in [0.05, 0.1) is 3.57 Å². The summed E-state index contributed by atoms with van der Waals surface area (Å²) in [6.45, 7) is 0. The zero-order valence-electron chi connectivity index (χ0n) is 9.93. The molecule has 3 heterocycles. The van der Waals surface area contributed by atoms with Crippen LogP contribution in [0, 0.1) is 3.57 Å². The fourth-order valence-electron chi connectivity index (χ4n) is 3.21. The molecule has 2 N–H and O–H groups in total. The van der Waals surface area contributed by atoms with E-state index in [4.69, 9.17) is 5.73 Å². The van der Waals surface area contributed by atoms with E-state index >= 15 is 0 Å². The Morgan fingerprint density at radius 2 is 2.00 bits per heavy atom. The third-order valence-electron chi connectivity index (χ3n) is 4.25. The second kappa shape index (κ2) is 4.35. The van der Waals surface area contributed by atoms with Crippen LogP contribution in [-0.2, 0) is 0 Å². The molecule has 1 aromatic heterocycles. The molecule has 0 saturated carbocycles. The lowest BCUT2D eigenvalue weighted by Crippen LogP contribution is -2.39. The van der Waals surface area contributed by atoms with E-state index in [-0.39, 0.29) is 0 Å². The van der Waals surface area contributed by atoms with Gasteiger partial charge >= 0.3 is 0 Å². The van der Waals surface area contributed by atoms with Gasteiger partial charge in [-0.3, -0.25) is 0 Å². The molecule has 0 aliphatic carbocycles. The Balaban J connectivity index is 1.84. The average molecular weight is 344 g/mol. The topological polar surface area (TPSA) is 55.0 Å². The molecule has 2 saturated heterocycles. The molecule has 92 valence electrons. The minimum Gasteiger partial charge on any atom is -0.383 e. The maximum Gasteiger partial charge on any atom is 0.140 e. The van der Waals surface area contributed by atoms with Crippen LogP contribution in [0.15, 0.2) is 6.20 Å². The molecule has 3 rings (SSSR count). The number of halogens is 1. The molecule has 1 aromatic rings. The number of aromatic nitrogens is 2. The van der Waals surface area contributed by atoms with Gasteiger partial charge in [-0.1, -0.05) is 0 Å². The number of hydrogen-bond acceptors (Lipinski definition) is 4. The van der Waals surface area contributed by atoms with Crippen LogP contribution >= 0.6 is 22.6 Å². The molecule has 2 aliphatic heterocycles. The first-order valence-electron chi connectivity index (χ1n) is 6.15. The van der Waals surface area contributed by atoms with Gasteiger partial charge < -0.3 is 10.6 Å². The average Bonchev–Trinajstić information content (AvgIpc) is 2.55. The standard InChI is InChI=1S/C12H17IN4/c1-17-8-2-3-9(17)5-7(4-8)12-15-6-10(13)11(14)16-12/h6-9H,2-5H2,1H3,(H2,14,15,16). The first kappa shape index (κ1) is 11.6. The lowest BCUT2D eigenvalue weighted by atomic mass is 9.90. The van der Waals surface area contributed by atoms with E-state index in [1.807, 2.05) is 6.20 Å². The van der Waals surface area contributed by atoms with Crippen LogP contribution < -0.4 is 5.73 Å². The zero-order valence-corrected chi connectivity index (χ0v) is 12.1. The summed E-state index contributed by atoms with van der Waals surface area (Å²) < 4.78 is 0.947. The van der Waals surface area contributed by atoms with Crippen molar-refractivity contribution in [1.29, 1.82) is 0 Å². The van der Waals surface area contributed by atoms with Crippen molar-refractivity contribution in [3.05, 3.63) is 15.6 Å². The van der Waals surface area contributed by atoms with Crippen molar-refractivity contribution in [3.63, 3.8) is 0 Å². The van der Waals surface area contributed by atoms with Crippen molar-refractivity contribution >= 4 is 28.4 Å². The van der Waals surface area contributed by atoms with E-state index in [0.717, 1.165) is 21.5 Å². The van der Waals surface area contributed by atoms with Crippen molar-refractivity contribution < 1.29 is 0 Å². The Morgan fingerprint density at radius 3 is 2.59 bits per heavy atom. The fraction of sp³-hybridized carbons (Fsp3) is 0.667. The van der Waals surface area contributed by atoms with Crippen molar-refractivity contribution in [2.45, 2.75) is 43.7 Å². The van der Waals surface area contributed by atoms with E-state index in [1.54, 1.807) is 0 Å². The second-order valence-electron chi connectivity index (χ2n) is 5.18. The molecular formula is C12H17IN4. The summed E-state index contributed by atoms with van der Waals surface area (Å²) in [5, 5.41) is 0. The second-order valence-corrected chi connectivity index (χ2v) is 6.34. The minimum atomic E-state index is 0.503. The van der Waals surface area contributed by atoms with E-state index in [1.165, 1.54) is 25.7 Å². The van der Waals surface area contributed by atoms with Crippen molar-refractivity contribution in [3.8, 4) is 0 Å². The lowest BCUT2D eigenvalue weighted by molar-refractivity contribution is 0.159. The highest BCUT2D eigenvalue weighted by atomic mass is 127. The maximum atomic E-state index is 5.87. The van der Waals surface area contributed by atoms with Crippen molar-refractivity contribution in [2.24, 2.45) is 0 Å². The summed E-state index contributed by atoms with van der Waals surface area (Å²) >= 11 is 2.18. The van der Waals surface area contributed by atoms with E-state index in [9.17, 15) is 0 Å². The first-order valence-corrected chi connectivity index (χ1v) is 7.23. The summed E-state index contributed by atoms with van der Waals surface area (Å²) in [5.41, 5.74) is 5.87. The van der Waals surface area contributed by atoms with Gasteiger partial charge in [0, 0.05) is 24.2 Å². The molecule has 0 radical (unpaired) electrons. The van der Waals surface area contributed by atoms with E-state index < -0.39 is 0 Å². The Morgan fingerprint density at radius 1 is 1.35 bits per heavy atom. The maximum absolute atomic E-state index is 5.87. The highest BCUT2D eigenvalue weighted by molar-refractivity contribution is 14.1. The molecule has 0 spiro atoms. The van der Waals surface area contributed by atoms with Gasteiger partial charge in [0.1, 0.15) is 11.6 Å². The summed E-state index contributed by atoms with van der Waals surface area (Å²) in [5.74, 6) is 2.08. The predicted octanol–water partition coefficient (Wildman–Crippen LogP) is 2.00. The molecule has 4 nitrogen and oxygen atoms in total.